The molecule has 0 aliphatic rings. The van der Waals surface area contributed by atoms with Gasteiger partial charge in [-0.3, -0.25) is 9.59 Å². The van der Waals surface area contributed by atoms with Crippen LogP contribution in [-0.4, -0.2) is 45.2 Å². The number of rotatable bonds is 7. The van der Waals surface area contributed by atoms with Crippen molar-refractivity contribution in [1.82, 2.24) is 19.7 Å². The second-order valence-electron chi connectivity index (χ2n) is 6.69. The monoisotopic (exact) mass is 392 g/mol. The minimum atomic E-state index is -0.455. The molecule has 0 saturated carbocycles. The highest BCUT2D eigenvalue weighted by molar-refractivity contribution is 5.96. The fourth-order valence-corrected chi connectivity index (χ4v) is 3.38. The van der Waals surface area contributed by atoms with Crippen LogP contribution in [-0.2, 0) is 9.53 Å². The fourth-order valence-electron chi connectivity index (χ4n) is 3.38. The van der Waals surface area contributed by atoms with Crippen molar-refractivity contribution >= 4 is 11.9 Å². The number of methoxy groups -OCH3 is 1. The van der Waals surface area contributed by atoms with Gasteiger partial charge in [0.1, 0.15) is 19.2 Å². The van der Waals surface area contributed by atoms with Gasteiger partial charge in [-0.25, -0.2) is 9.67 Å². The molecule has 7 heteroatoms. The van der Waals surface area contributed by atoms with E-state index in [4.69, 9.17) is 4.74 Å². The minimum absolute atomic E-state index is 0.118. The first kappa shape index (κ1) is 20.3. The zero-order valence-corrected chi connectivity index (χ0v) is 16.8. The van der Waals surface area contributed by atoms with Gasteiger partial charge < -0.3 is 9.64 Å². The Morgan fingerprint density at radius 2 is 1.93 bits per heavy atom. The van der Waals surface area contributed by atoms with E-state index in [0.717, 1.165) is 16.8 Å². The average Bonchev–Trinajstić information content (AvgIpc) is 3.28. The molecule has 0 N–H and O–H groups in total. The molecular formula is C22H24N4O3. The second-order valence-corrected chi connectivity index (χ2v) is 6.69. The average molecular weight is 392 g/mol. The zero-order chi connectivity index (χ0) is 20.8. The topological polar surface area (TPSA) is 77.3 Å². The largest absolute Gasteiger partial charge is 0.468 e. The summed E-state index contributed by atoms with van der Waals surface area (Å²) >= 11 is 0. The van der Waals surface area contributed by atoms with Crippen molar-refractivity contribution in [2.45, 2.75) is 26.3 Å². The Morgan fingerprint density at radius 1 is 1.17 bits per heavy atom. The maximum atomic E-state index is 13.4. The Bertz CT molecular complexity index is 971. The third kappa shape index (κ3) is 4.51. The van der Waals surface area contributed by atoms with Crippen LogP contribution >= 0.6 is 0 Å². The molecule has 0 radical (unpaired) electrons. The number of benzene rings is 2. The van der Waals surface area contributed by atoms with E-state index in [1.165, 1.54) is 13.4 Å². The first-order valence-electron chi connectivity index (χ1n) is 9.43. The van der Waals surface area contributed by atoms with E-state index >= 15 is 0 Å². The van der Waals surface area contributed by atoms with Gasteiger partial charge in [0.2, 0.25) is 0 Å². The maximum Gasteiger partial charge on any atom is 0.325 e. The molecule has 0 fully saturated rings. The van der Waals surface area contributed by atoms with E-state index in [1.54, 1.807) is 28.0 Å². The van der Waals surface area contributed by atoms with Crippen LogP contribution in [0.2, 0.25) is 0 Å². The van der Waals surface area contributed by atoms with Crippen molar-refractivity contribution in [3.8, 4) is 5.69 Å². The summed E-state index contributed by atoms with van der Waals surface area (Å²) < 4.78 is 6.49. The van der Waals surface area contributed by atoms with Gasteiger partial charge in [0.25, 0.3) is 5.91 Å². The molecule has 1 unspecified atom stereocenters. The van der Waals surface area contributed by atoms with E-state index in [-0.39, 0.29) is 18.5 Å². The quantitative estimate of drug-likeness (QED) is 0.576. The van der Waals surface area contributed by atoms with Crippen LogP contribution in [0.15, 0.2) is 61.2 Å². The van der Waals surface area contributed by atoms with Crippen molar-refractivity contribution < 1.29 is 14.3 Å². The highest BCUT2D eigenvalue weighted by atomic mass is 16.5. The van der Waals surface area contributed by atoms with Crippen molar-refractivity contribution in [1.29, 1.82) is 0 Å². The number of nitrogens with zero attached hydrogens (tertiary/aromatic N) is 4. The maximum absolute atomic E-state index is 13.4. The molecule has 1 heterocycles. The second kappa shape index (κ2) is 9.14. The van der Waals surface area contributed by atoms with Crippen molar-refractivity contribution in [3.63, 3.8) is 0 Å². The van der Waals surface area contributed by atoms with Gasteiger partial charge in [-0.1, -0.05) is 37.3 Å². The Kier molecular flexibility index (Phi) is 6.39. The van der Waals surface area contributed by atoms with Gasteiger partial charge in [0, 0.05) is 5.56 Å². The SMILES string of the molecule is CCC(c1ccccc1)N(CC(=O)OC)C(=O)c1ccc(-n2cncn2)c(C)c1. The summed E-state index contributed by atoms with van der Waals surface area (Å²) in [5.41, 5.74) is 3.20. The molecule has 0 saturated heterocycles. The number of aromatic nitrogens is 3. The van der Waals surface area contributed by atoms with Crippen LogP contribution in [0.3, 0.4) is 0 Å². The Morgan fingerprint density at radius 3 is 2.52 bits per heavy atom. The van der Waals surface area contributed by atoms with Crippen LogP contribution in [0.25, 0.3) is 5.69 Å². The summed E-state index contributed by atoms with van der Waals surface area (Å²) in [5.74, 6) is -0.678. The van der Waals surface area contributed by atoms with Gasteiger partial charge in [0.15, 0.2) is 0 Å². The first-order valence-corrected chi connectivity index (χ1v) is 9.43. The van der Waals surface area contributed by atoms with Crippen LogP contribution in [0, 0.1) is 6.92 Å². The summed E-state index contributed by atoms with van der Waals surface area (Å²) in [6.45, 7) is 3.79. The van der Waals surface area contributed by atoms with Gasteiger partial charge in [-0.15, -0.1) is 0 Å². The predicted octanol–water partition coefficient (Wildman–Crippen LogP) is 3.34. The molecule has 3 rings (SSSR count). The first-order chi connectivity index (χ1) is 14.0. The molecule has 1 atom stereocenters. The van der Waals surface area contributed by atoms with Gasteiger partial charge in [-0.05, 0) is 42.7 Å². The molecule has 2 aromatic carbocycles. The standard InChI is InChI=1S/C22H24N4O3/c1-4-19(17-8-6-5-7-9-17)25(13-21(27)29-3)22(28)18-10-11-20(16(2)12-18)26-15-23-14-24-26/h5-12,14-15,19H,4,13H2,1-3H3. The summed E-state index contributed by atoms with van der Waals surface area (Å²) in [4.78, 5) is 31.0. The number of ether oxygens (including phenoxy) is 1. The van der Waals surface area contributed by atoms with Gasteiger partial charge in [0.05, 0.1) is 18.8 Å². The normalized spacial score (nSPS) is 11.7. The fraction of sp³-hybridized carbons (Fsp3) is 0.273. The lowest BCUT2D eigenvalue weighted by molar-refractivity contribution is -0.141. The minimum Gasteiger partial charge on any atom is -0.468 e. The highest BCUT2D eigenvalue weighted by Gasteiger charge is 2.27. The molecule has 29 heavy (non-hydrogen) atoms. The summed E-state index contributed by atoms with van der Waals surface area (Å²) in [6, 6.07) is 14.8. The molecule has 0 spiro atoms. The van der Waals surface area contributed by atoms with Crippen LogP contribution in [0.5, 0.6) is 0 Å². The number of carbonyl (C=O) groups excluding carboxylic acids is 2. The molecular weight excluding hydrogens is 368 g/mol. The third-order valence-electron chi connectivity index (χ3n) is 4.84. The summed E-state index contributed by atoms with van der Waals surface area (Å²) in [7, 11) is 1.32. The van der Waals surface area contributed by atoms with E-state index in [0.29, 0.717) is 12.0 Å². The van der Waals surface area contributed by atoms with E-state index in [9.17, 15) is 9.59 Å². The van der Waals surface area contributed by atoms with Crippen LogP contribution in [0.1, 0.15) is 40.9 Å². The van der Waals surface area contributed by atoms with Gasteiger partial charge in [-0.2, -0.15) is 5.10 Å². The molecule has 7 nitrogen and oxygen atoms in total. The van der Waals surface area contributed by atoms with E-state index in [1.807, 2.05) is 50.2 Å². The smallest absolute Gasteiger partial charge is 0.325 e. The Hall–Kier alpha value is -3.48. The summed E-state index contributed by atoms with van der Waals surface area (Å²) in [6.07, 6.45) is 3.74. The lowest BCUT2D eigenvalue weighted by Gasteiger charge is -2.31. The molecule has 0 aliphatic carbocycles. The van der Waals surface area contributed by atoms with E-state index < -0.39 is 5.97 Å². The van der Waals surface area contributed by atoms with Crippen LogP contribution < -0.4 is 0 Å². The number of carbonyl (C=O) groups is 2. The van der Waals surface area contributed by atoms with Crippen molar-refractivity contribution in [2.75, 3.05) is 13.7 Å². The molecule has 1 amide bonds. The number of aryl methyl sites for hydroxylation is 1. The number of hydrogen-bond donors (Lipinski definition) is 0. The van der Waals surface area contributed by atoms with E-state index in [2.05, 4.69) is 10.1 Å². The number of esters is 1. The van der Waals surface area contributed by atoms with Crippen molar-refractivity contribution in [2.24, 2.45) is 0 Å². The molecule has 150 valence electrons. The lowest BCUT2D eigenvalue weighted by Crippen LogP contribution is -2.39. The molecule has 1 aromatic heterocycles. The zero-order valence-electron chi connectivity index (χ0n) is 16.8. The highest BCUT2D eigenvalue weighted by Crippen LogP contribution is 2.27. The lowest BCUT2D eigenvalue weighted by atomic mass is 10.0. The van der Waals surface area contributed by atoms with Crippen LogP contribution in [0.4, 0.5) is 0 Å². The summed E-state index contributed by atoms with van der Waals surface area (Å²) in [5, 5.41) is 4.14. The Labute approximate surface area is 169 Å². The Balaban J connectivity index is 1.96. The molecule has 0 bridgehead atoms. The molecule has 0 aliphatic heterocycles. The number of amides is 1. The van der Waals surface area contributed by atoms with Crippen molar-refractivity contribution in [3.05, 3.63) is 77.9 Å². The number of hydrogen-bond acceptors (Lipinski definition) is 5. The molecule has 3 aromatic rings. The predicted molar refractivity (Wildman–Crippen MR) is 109 cm³/mol. The van der Waals surface area contributed by atoms with Gasteiger partial charge >= 0.3 is 5.97 Å². The third-order valence-corrected chi connectivity index (χ3v) is 4.84.